The fourth-order valence-electron chi connectivity index (χ4n) is 2.42. The van der Waals surface area contributed by atoms with Gasteiger partial charge in [0, 0.05) is 5.56 Å². The highest BCUT2D eigenvalue weighted by molar-refractivity contribution is 5.83. The molecule has 114 valence electrons. The van der Waals surface area contributed by atoms with Gasteiger partial charge in [-0.05, 0) is 24.1 Å². The number of carbonyl (C=O) groups is 1. The molecular formula is C18H19NO3. The van der Waals surface area contributed by atoms with Crippen molar-refractivity contribution < 1.29 is 14.3 Å². The monoisotopic (exact) mass is 297 g/mol. The number of hydrogen-bond acceptors (Lipinski definition) is 3. The van der Waals surface area contributed by atoms with Crippen molar-refractivity contribution in [1.82, 2.24) is 5.32 Å². The molecule has 1 heterocycles. The van der Waals surface area contributed by atoms with Crippen LogP contribution < -0.4 is 10.1 Å². The molecule has 4 heteroatoms. The Morgan fingerprint density at radius 1 is 1.23 bits per heavy atom. The first-order valence-electron chi connectivity index (χ1n) is 7.34. The summed E-state index contributed by atoms with van der Waals surface area (Å²) in [5.41, 5.74) is 3.21. The van der Waals surface area contributed by atoms with Crippen LogP contribution in [0.5, 0.6) is 5.75 Å². The third-order valence-electron chi connectivity index (χ3n) is 3.81. The van der Waals surface area contributed by atoms with E-state index in [2.05, 4.69) is 5.32 Å². The number of hydrogen-bond donors (Lipinski definition) is 1. The highest BCUT2D eigenvalue weighted by Crippen LogP contribution is 2.30. The van der Waals surface area contributed by atoms with Crippen molar-refractivity contribution in [3.05, 3.63) is 54.1 Å². The molecule has 2 unspecified atom stereocenters. The molecule has 2 aromatic rings. The van der Waals surface area contributed by atoms with E-state index >= 15 is 0 Å². The van der Waals surface area contributed by atoms with Crippen molar-refractivity contribution in [3.8, 4) is 16.9 Å². The predicted molar refractivity (Wildman–Crippen MR) is 84.7 cm³/mol. The number of ether oxygens (including phenoxy) is 2. The average Bonchev–Trinajstić information content (AvgIpc) is 3.40. The summed E-state index contributed by atoms with van der Waals surface area (Å²) >= 11 is 0. The van der Waals surface area contributed by atoms with Crippen LogP contribution in [0.1, 0.15) is 18.5 Å². The molecule has 1 N–H and O–H groups in total. The van der Waals surface area contributed by atoms with Crippen LogP contribution in [0.25, 0.3) is 11.1 Å². The molecule has 1 amide bonds. The summed E-state index contributed by atoms with van der Waals surface area (Å²) < 4.78 is 10.4. The lowest BCUT2D eigenvalue weighted by Gasteiger charge is -2.14. The van der Waals surface area contributed by atoms with Crippen LogP contribution in [0.15, 0.2) is 48.5 Å². The highest BCUT2D eigenvalue weighted by Gasteiger charge is 2.31. The van der Waals surface area contributed by atoms with Gasteiger partial charge in [-0.3, -0.25) is 4.79 Å². The third-order valence-corrected chi connectivity index (χ3v) is 3.81. The lowest BCUT2D eigenvalue weighted by molar-refractivity contribution is -0.122. The Bertz CT molecular complexity index is 662. The topological polar surface area (TPSA) is 50.9 Å². The van der Waals surface area contributed by atoms with Gasteiger partial charge in [0.15, 0.2) is 6.10 Å². The lowest BCUT2D eigenvalue weighted by Crippen LogP contribution is -2.30. The molecule has 1 aliphatic heterocycles. The van der Waals surface area contributed by atoms with E-state index in [0.29, 0.717) is 6.61 Å². The van der Waals surface area contributed by atoms with Gasteiger partial charge < -0.3 is 14.8 Å². The fraction of sp³-hybridized carbons (Fsp3) is 0.278. The van der Waals surface area contributed by atoms with Gasteiger partial charge in [-0.15, -0.1) is 0 Å². The van der Waals surface area contributed by atoms with E-state index < -0.39 is 0 Å². The number of nitrogens with one attached hydrogen (secondary N) is 1. The van der Waals surface area contributed by atoms with Gasteiger partial charge in [0.2, 0.25) is 0 Å². The molecule has 2 aromatic carbocycles. The zero-order chi connectivity index (χ0) is 15.5. The van der Waals surface area contributed by atoms with Crippen molar-refractivity contribution in [2.45, 2.75) is 19.1 Å². The summed E-state index contributed by atoms with van der Waals surface area (Å²) in [7, 11) is 1.67. The Morgan fingerprint density at radius 2 is 1.91 bits per heavy atom. The second-order valence-corrected chi connectivity index (χ2v) is 5.37. The van der Waals surface area contributed by atoms with Crippen LogP contribution >= 0.6 is 0 Å². The third kappa shape index (κ3) is 3.12. The van der Waals surface area contributed by atoms with E-state index in [1.807, 2.05) is 55.5 Å². The molecule has 0 aliphatic carbocycles. The smallest absolute Gasteiger partial charge is 0.252 e. The summed E-state index contributed by atoms with van der Waals surface area (Å²) in [5.74, 6) is 0.809. The highest BCUT2D eigenvalue weighted by atomic mass is 16.6. The van der Waals surface area contributed by atoms with Crippen LogP contribution in [0.4, 0.5) is 0 Å². The number of benzene rings is 2. The van der Waals surface area contributed by atoms with Crippen molar-refractivity contribution in [2.24, 2.45) is 0 Å². The molecule has 0 saturated carbocycles. The maximum atomic E-state index is 11.7. The van der Waals surface area contributed by atoms with Crippen molar-refractivity contribution in [3.63, 3.8) is 0 Å². The molecule has 0 radical (unpaired) electrons. The number of rotatable bonds is 5. The van der Waals surface area contributed by atoms with Gasteiger partial charge in [-0.1, -0.05) is 42.5 Å². The summed E-state index contributed by atoms with van der Waals surface area (Å²) in [6, 6.07) is 16.0. The quantitative estimate of drug-likeness (QED) is 0.863. The number of carbonyl (C=O) groups excluding carboxylic acids is 1. The molecule has 4 nitrogen and oxygen atoms in total. The van der Waals surface area contributed by atoms with Crippen molar-refractivity contribution in [1.29, 1.82) is 0 Å². The lowest BCUT2D eigenvalue weighted by atomic mass is 10.0. The van der Waals surface area contributed by atoms with E-state index in [-0.39, 0.29) is 18.1 Å². The van der Waals surface area contributed by atoms with E-state index in [1.54, 1.807) is 7.11 Å². The Labute approximate surface area is 130 Å². The van der Waals surface area contributed by atoms with Gasteiger partial charge in [0.05, 0.1) is 19.8 Å². The zero-order valence-electron chi connectivity index (χ0n) is 12.7. The molecule has 0 bridgehead atoms. The Balaban J connectivity index is 1.75. The van der Waals surface area contributed by atoms with Crippen LogP contribution in [0.2, 0.25) is 0 Å². The minimum Gasteiger partial charge on any atom is -0.496 e. The van der Waals surface area contributed by atoms with Crippen LogP contribution in [0.3, 0.4) is 0 Å². The Hall–Kier alpha value is -2.33. The summed E-state index contributed by atoms with van der Waals surface area (Å²) in [5, 5.41) is 2.95. The molecule has 2 atom stereocenters. The van der Waals surface area contributed by atoms with Crippen molar-refractivity contribution >= 4 is 5.91 Å². The van der Waals surface area contributed by atoms with E-state index in [1.165, 1.54) is 0 Å². The summed E-state index contributed by atoms with van der Waals surface area (Å²) in [6.07, 6.45) is -0.254. The average molecular weight is 297 g/mol. The van der Waals surface area contributed by atoms with Gasteiger partial charge in [-0.25, -0.2) is 0 Å². The molecule has 1 aliphatic rings. The number of epoxide rings is 1. The first-order chi connectivity index (χ1) is 10.7. The van der Waals surface area contributed by atoms with Crippen LogP contribution in [0, 0.1) is 0 Å². The standard InChI is InChI=1S/C18H19NO3/c1-12(19-18(20)17-11-22-17)13-7-9-14(10-8-13)15-5-3-4-6-16(15)21-2/h3-10,12,17H,11H2,1-2H3,(H,19,20). The second-order valence-electron chi connectivity index (χ2n) is 5.37. The van der Waals surface area contributed by atoms with E-state index in [0.717, 1.165) is 22.4 Å². The maximum absolute atomic E-state index is 11.7. The summed E-state index contributed by atoms with van der Waals surface area (Å²) in [6.45, 7) is 2.50. The molecule has 3 rings (SSSR count). The first-order valence-corrected chi connectivity index (χ1v) is 7.34. The number of amides is 1. The molecule has 22 heavy (non-hydrogen) atoms. The van der Waals surface area contributed by atoms with E-state index in [4.69, 9.17) is 9.47 Å². The molecule has 0 aromatic heterocycles. The maximum Gasteiger partial charge on any atom is 0.252 e. The molecule has 1 saturated heterocycles. The zero-order valence-corrected chi connectivity index (χ0v) is 12.7. The number of para-hydroxylation sites is 1. The molecule has 1 fully saturated rings. The van der Waals surface area contributed by atoms with Crippen molar-refractivity contribution in [2.75, 3.05) is 13.7 Å². The van der Waals surface area contributed by atoms with Gasteiger partial charge in [0.25, 0.3) is 5.91 Å². The molecule has 0 spiro atoms. The van der Waals surface area contributed by atoms with Gasteiger partial charge in [-0.2, -0.15) is 0 Å². The fourth-order valence-corrected chi connectivity index (χ4v) is 2.42. The van der Waals surface area contributed by atoms with Gasteiger partial charge in [0.1, 0.15) is 5.75 Å². The SMILES string of the molecule is COc1ccccc1-c1ccc(C(C)NC(=O)C2CO2)cc1. The first kappa shape index (κ1) is 14.6. The normalized spacial score (nSPS) is 17.6. The minimum atomic E-state index is -0.254. The second kappa shape index (κ2) is 6.20. The van der Waals surface area contributed by atoms with Gasteiger partial charge >= 0.3 is 0 Å². The summed E-state index contributed by atoms with van der Waals surface area (Å²) in [4.78, 5) is 11.7. The minimum absolute atomic E-state index is 0.0385. The Kier molecular flexibility index (Phi) is 4.11. The largest absolute Gasteiger partial charge is 0.496 e. The Morgan fingerprint density at radius 3 is 2.55 bits per heavy atom. The predicted octanol–water partition coefficient (Wildman–Crippen LogP) is 2.94. The van der Waals surface area contributed by atoms with E-state index in [9.17, 15) is 4.79 Å². The van der Waals surface area contributed by atoms with Crippen LogP contribution in [-0.2, 0) is 9.53 Å². The van der Waals surface area contributed by atoms with Crippen LogP contribution in [-0.4, -0.2) is 25.7 Å². The number of methoxy groups -OCH3 is 1. The molecular weight excluding hydrogens is 278 g/mol.